The number of nitrogens with zero attached hydrogens (tertiary/aromatic N) is 3. The zero-order valence-corrected chi connectivity index (χ0v) is 15.7. The molecule has 0 aliphatic carbocycles. The number of amides is 1. The first-order valence-corrected chi connectivity index (χ1v) is 9.59. The first-order chi connectivity index (χ1) is 12.6. The highest BCUT2D eigenvalue weighted by atomic mass is 32.1. The Balaban J connectivity index is 1.42. The van der Waals surface area contributed by atoms with Crippen LogP contribution in [0.5, 0.6) is 0 Å². The molecule has 1 aliphatic rings. The third-order valence-electron chi connectivity index (χ3n) is 4.35. The summed E-state index contributed by atoms with van der Waals surface area (Å²) in [4.78, 5) is 17.9. The van der Waals surface area contributed by atoms with E-state index in [0.29, 0.717) is 25.8 Å². The van der Waals surface area contributed by atoms with E-state index in [9.17, 15) is 4.79 Å². The highest BCUT2D eigenvalue weighted by Crippen LogP contribution is 2.37. The minimum Gasteiger partial charge on any atom is -0.356 e. The molecule has 1 aliphatic heterocycles. The van der Waals surface area contributed by atoms with Crippen molar-refractivity contribution < 1.29 is 4.79 Å². The third kappa shape index (κ3) is 4.77. The van der Waals surface area contributed by atoms with Gasteiger partial charge in [0.25, 0.3) is 0 Å². The summed E-state index contributed by atoms with van der Waals surface area (Å²) in [5.41, 5.74) is 1.77. The fourth-order valence-electron chi connectivity index (χ4n) is 2.80. The number of benzene rings is 1. The molecule has 0 radical (unpaired) electrons. The minimum atomic E-state index is -0.388. The summed E-state index contributed by atoms with van der Waals surface area (Å²) in [5.74, 6) is 2.62. The topological polar surface area (TPSA) is 66.7 Å². The Morgan fingerprint density at radius 2 is 2.04 bits per heavy atom. The maximum absolute atomic E-state index is 12.0. The van der Waals surface area contributed by atoms with Crippen LogP contribution in [0.1, 0.15) is 35.6 Å². The molecule has 0 saturated carbocycles. The van der Waals surface area contributed by atoms with Crippen LogP contribution in [0.15, 0.2) is 40.6 Å². The number of aromatic nitrogens is 1. The minimum absolute atomic E-state index is 0.0268. The lowest BCUT2D eigenvalue weighted by atomic mass is 10.0. The van der Waals surface area contributed by atoms with Crippen molar-refractivity contribution in [2.24, 2.45) is 10.2 Å². The van der Waals surface area contributed by atoms with Crippen molar-refractivity contribution in [3.05, 3.63) is 40.2 Å². The Morgan fingerprint density at radius 3 is 2.73 bits per heavy atom. The summed E-state index contributed by atoms with van der Waals surface area (Å²) in [7, 11) is 0. The number of terminal acetylenes is 1. The van der Waals surface area contributed by atoms with Gasteiger partial charge in [0.15, 0.2) is 5.66 Å². The van der Waals surface area contributed by atoms with Crippen LogP contribution >= 0.6 is 11.3 Å². The molecule has 134 valence electrons. The second-order valence-corrected chi connectivity index (χ2v) is 7.65. The molecule has 5 nitrogen and oxygen atoms in total. The van der Waals surface area contributed by atoms with Crippen LogP contribution in [0, 0.1) is 19.3 Å². The lowest BCUT2D eigenvalue weighted by molar-refractivity contribution is -0.121. The summed E-state index contributed by atoms with van der Waals surface area (Å²) >= 11 is 1.69. The number of carbonyl (C=O) groups excluding carboxylic acids is 1. The predicted molar refractivity (Wildman–Crippen MR) is 104 cm³/mol. The maximum atomic E-state index is 12.0. The molecule has 2 heterocycles. The van der Waals surface area contributed by atoms with Crippen molar-refractivity contribution in [1.29, 1.82) is 0 Å². The molecule has 1 N–H and O–H groups in total. The van der Waals surface area contributed by atoms with Gasteiger partial charge in [0, 0.05) is 49.1 Å². The molecule has 3 rings (SSSR count). The zero-order valence-electron chi connectivity index (χ0n) is 14.9. The largest absolute Gasteiger partial charge is 0.356 e. The summed E-state index contributed by atoms with van der Waals surface area (Å²) < 4.78 is 0. The van der Waals surface area contributed by atoms with Gasteiger partial charge in [-0.25, -0.2) is 4.98 Å². The third-order valence-corrected chi connectivity index (χ3v) is 5.38. The Kier molecular flexibility index (Phi) is 5.79. The first kappa shape index (κ1) is 18.3. The van der Waals surface area contributed by atoms with Crippen LogP contribution in [0.2, 0.25) is 0 Å². The van der Waals surface area contributed by atoms with E-state index in [4.69, 9.17) is 11.4 Å². The quantitative estimate of drug-likeness (QED) is 0.678. The van der Waals surface area contributed by atoms with E-state index in [-0.39, 0.29) is 11.6 Å². The summed E-state index contributed by atoms with van der Waals surface area (Å²) in [5, 5.41) is 12.1. The van der Waals surface area contributed by atoms with E-state index in [1.54, 1.807) is 11.3 Å². The van der Waals surface area contributed by atoms with E-state index < -0.39 is 0 Å². The predicted octanol–water partition coefficient (Wildman–Crippen LogP) is 4.13. The van der Waals surface area contributed by atoms with Crippen LogP contribution in [-0.2, 0) is 11.2 Å². The van der Waals surface area contributed by atoms with Gasteiger partial charge in [-0.15, -0.1) is 23.7 Å². The number of hydrogen-bond donors (Lipinski definition) is 1. The highest BCUT2D eigenvalue weighted by molar-refractivity contribution is 7.12. The van der Waals surface area contributed by atoms with Gasteiger partial charge < -0.3 is 5.32 Å². The smallest absolute Gasteiger partial charge is 0.220 e. The number of thiazole rings is 1. The van der Waals surface area contributed by atoms with E-state index >= 15 is 0 Å². The van der Waals surface area contributed by atoms with E-state index in [1.807, 2.05) is 18.2 Å². The molecule has 0 bridgehead atoms. The van der Waals surface area contributed by atoms with Crippen molar-refractivity contribution in [2.75, 3.05) is 6.54 Å². The van der Waals surface area contributed by atoms with Gasteiger partial charge in [0.05, 0.1) is 10.7 Å². The van der Waals surface area contributed by atoms with Crippen LogP contribution in [-0.4, -0.2) is 23.1 Å². The second kappa shape index (κ2) is 8.24. The van der Waals surface area contributed by atoms with Crippen molar-refractivity contribution in [2.45, 2.75) is 44.7 Å². The van der Waals surface area contributed by atoms with Gasteiger partial charge in [0.2, 0.25) is 5.91 Å². The summed E-state index contributed by atoms with van der Waals surface area (Å²) in [6.45, 7) is 2.67. The molecular weight excluding hydrogens is 344 g/mol. The first-order valence-electron chi connectivity index (χ1n) is 8.78. The second-order valence-electron chi connectivity index (χ2n) is 6.36. The molecule has 1 amide bonds. The molecule has 0 saturated heterocycles. The molecule has 1 aromatic heterocycles. The molecule has 6 heteroatoms. The van der Waals surface area contributed by atoms with Crippen molar-refractivity contribution in [1.82, 2.24) is 10.3 Å². The van der Waals surface area contributed by atoms with Gasteiger partial charge in [-0.05, 0) is 6.92 Å². The molecule has 0 fully saturated rings. The monoisotopic (exact) mass is 366 g/mol. The molecule has 2 aromatic rings. The van der Waals surface area contributed by atoms with Gasteiger partial charge in [-0.3, -0.25) is 4.79 Å². The number of carbonyl (C=O) groups is 1. The Morgan fingerprint density at radius 1 is 1.27 bits per heavy atom. The fourth-order valence-corrected chi connectivity index (χ4v) is 3.76. The number of aryl methyl sites for hydroxylation is 1. The van der Waals surface area contributed by atoms with Gasteiger partial charge in [0.1, 0.15) is 0 Å². The van der Waals surface area contributed by atoms with Gasteiger partial charge >= 0.3 is 0 Å². The average molecular weight is 366 g/mol. The van der Waals surface area contributed by atoms with Crippen molar-refractivity contribution in [3.63, 3.8) is 0 Å². The number of rotatable bonds is 9. The molecule has 26 heavy (non-hydrogen) atoms. The van der Waals surface area contributed by atoms with Crippen LogP contribution in [0.3, 0.4) is 0 Å². The van der Waals surface area contributed by atoms with Crippen LogP contribution in [0.4, 0.5) is 0 Å². The van der Waals surface area contributed by atoms with Gasteiger partial charge in [-0.1, -0.05) is 30.3 Å². The average Bonchev–Trinajstić information content (AvgIpc) is 3.34. The zero-order chi connectivity index (χ0) is 18.4. The standard InChI is InChI=1S/C20H22N4OS/c1-3-4-12-20(23-24-20)13-10-17(25)21-14-11-18-22-19(15(2)26-18)16-8-6-5-7-9-16/h1,5-9H,4,10-14H2,2H3,(H,21,25). The molecule has 0 atom stereocenters. The lowest BCUT2D eigenvalue weighted by Crippen LogP contribution is -2.27. The van der Waals surface area contributed by atoms with E-state index in [1.165, 1.54) is 4.88 Å². The summed E-state index contributed by atoms with van der Waals surface area (Å²) in [6, 6.07) is 10.2. The molecule has 1 aromatic carbocycles. The molecule has 0 spiro atoms. The molecule has 0 unspecified atom stereocenters. The highest BCUT2D eigenvalue weighted by Gasteiger charge is 2.39. The Labute approximate surface area is 158 Å². The Bertz CT molecular complexity index is 829. The van der Waals surface area contributed by atoms with Crippen LogP contribution < -0.4 is 5.32 Å². The van der Waals surface area contributed by atoms with E-state index in [2.05, 4.69) is 40.5 Å². The maximum Gasteiger partial charge on any atom is 0.220 e. The number of hydrogen-bond acceptors (Lipinski definition) is 5. The Hall–Kier alpha value is -2.52. The summed E-state index contributed by atoms with van der Waals surface area (Å²) in [6.07, 6.45) is 8.44. The SMILES string of the molecule is C#CCCC1(CCC(=O)NCCc2nc(-c3ccccc3)c(C)s2)N=N1. The number of nitrogens with one attached hydrogen (secondary N) is 1. The van der Waals surface area contributed by atoms with Crippen molar-refractivity contribution in [3.8, 4) is 23.6 Å². The van der Waals surface area contributed by atoms with E-state index in [0.717, 1.165) is 29.1 Å². The fraction of sp³-hybridized carbons (Fsp3) is 0.400. The van der Waals surface area contributed by atoms with Gasteiger partial charge in [-0.2, -0.15) is 10.2 Å². The van der Waals surface area contributed by atoms with Crippen LogP contribution in [0.25, 0.3) is 11.3 Å². The molecular formula is C20H22N4OS. The normalized spacial score (nSPS) is 14.0. The van der Waals surface area contributed by atoms with Crippen molar-refractivity contribution >= 4 is 17.2 Å². The lowest BCUT2D eigenvalue weighted by Gasteiger charge is -2.08.